The van der Waals surface area contributed by atoms with Crippen LogP contribution in [0.2, 0.25) is 18.1 Å². The second kappa shape index (κ2) is 25.7. The predicted octanol–water partition coefficient (Wildman–Crippen LogP) is 8.42. The van der Waals surface area contributed by atoms with Crippen molar-refractivity contribution in [2.45, 2.75) is 149 Å². The number of hydrogen-bond donors (Lipinski definition) is 0. The summed E-state index contributed by atoms with van der Waals surface area (Å²) >= 11 is 0. The first-order valence-electron chi connectivity index (χ1n) is 15.8. The van der Waals surface area contributed by atoms with E-state index in [-0.39, 0.29) is 12.7 Å². The monoisotopic (exact) mass is 597 g/mol. The van der Waals surface area contributed by atoms with E-state index in [1.165, 1.54) is 0 Å². The van der Waals surface area contributed by atoms with E-state index in [0.29, 0.717) is 33.0 Å². The van der Waals surface area contributed by atoms with Crippen molar-refractivity contribution >= 4 is 16.6 Å². The van der Waals surface area contributed by atoms with Gasteiger partial charge in [0.05, 0.1) is 19.3 Å². The molecule has 10 heteroatoms. The normalized spacial score (nSPS) is 15.7. The van der Waals surface area contributed by atoms with E-state index >= 15 is 0 Å². The van der Waals surface area contributed by atoms with E-state index in [2.05, 4.69) is 48.5 Å². The van der Waals surface area contributed by atoms with Crippen molar-refractivity contribution < 1.29 is 37.0 Å². The van der Waals surface area contributed by atoms with Crippen molar-refractivity contribution in [1.82, 2.24) is 0 Å². The Morgan fingerprint density at radius 3 is 1.72 bits per heavy atom. The van der Waals surface area contributed by atoms with E-state index in [1.54, 1.807) is 0 Å². The molecule has 0 aliphatic heterocycles. The molecule has 0 heterocycles. The van der Waals surface area contributed by atoms with Gasteiger partial charge >= 0.3 is 8.25 Å². The zero-order chi connectivity index (χ0) is 29.4. The Kier molecular flexibility index (Phi) is 25.7. The highest BCUT2D eigenvalue weighted by Crippen LogP contribution is 2.34. The third-order valence-corrected chi connectivity index (χ3v) is 12.5. The average molecular weight is 598 g/mol. The largest absolute Gasteiger partial charge is 0.700 e. The lowest BCUT2D eigenvalue weighted by Crippen LogP contribution is -2.55. The highest BCUT2D eigenvalue weighted by atomic mass is 31.1. The minimum atomic E-state index is -2.40. The Hall–Kier alpha value is 0.0369. The molecule has 0 aromatic rings. The Balaban J connectivity index is 6.17. The molecular formula is C29H62O8PSi+. The Bertz CT molecular complexity index is 559. The highest BCUT2D eigenvalue weighted by molar-refractivity contribution is 7.33. The smallest absolute Gasteiger partial charge is 0.406 e. The van der Waals surface area contributed by atoms with Crippen LogP contribution in [-0.4, -0.2) is 72.6 Å². The number of rotatable bonds is 29. The quantitative estimate of drug-likeness (QED) is 0.0368. The van der Waals surface area contributed by atoms with Gasteiger partial charge in [-0.15, -0.1) is 4.52 Å². The van der Waals surface area contributed by atoms with Gasteiger partial charge in [0.25, 0.3) is 0 Å². The molecular weight excluding hydrogens is 535 g/mol. The van der Waals surface area contributed by atoms with Gasteiger partial charge in [-0.3, -0.25) is 0 Å². The Labute approximate surface area is 242 Å². The van der Waals surface area contributed by atoms with Crippen molar-refractivity contribution in [3.8, 4) is 0 Å². The van der Waals surface area contributed by atoms with Crippen LogP contribution in [0.3, 0.4) is 0 Å². The van der Waals surface area contributed by atoms with Crippen LogP contribution in [0.25, 0.3) is 0 Å². The van der Waals surface area contributed by atoms with Crippen molar-refractivity contribution in [2.75, 3.05) is 39.6 Å². The minimum Gasteiger partial charge on any atom is -0.406 e. The van der Waals surface area contributed by atoms with Crippen LogP contribution in [-0.2, 0) is 37.0 Å². The molecule has 8 nitrogen and oxygen atoms in total. The van der Waals surface area contributed by atoms with Gasteiger partial charge in [-0.25, -0.2) is 0 Å². The fraction of sp³-hybridized carbons (Fsp3) is 1.00. The van der Waals surface area contributed by atoms with E-state index in [9.17, 15) is 4.57 Å². The SMILES string of the molecule is CCCCOCCO[C@@H](O[P+](=O)OCCCC)C(O[Si](CC)(CC)CC)C(OCCCC)[C@@H](C)OCCCC. The minimum absolute atomic E-state index is 0.259. The maximum Gasteiger partial charge on any atom is 0.700 e. The molecule has 0 radical (unpaired) electrons. The Morgan fingerprint density at radius 1 is 0.615 bits per heavy atom. The molecule has 0 aliphatic carbocycles. The predicted molar refractivity (Wildman–Crippen MR) is 162 cm³/mol. The van der Waals surface area contributed by atoms with Gasteiger partial charge in [-0.05, 0) is 50.7 Å². The first-order valence-corrected chi connectivity index (χ1v) is 19.4. The third-order valence-electron chi connectivity index (χ3n) is 7.10. The molecule has 0 aromatic carbocycles. The number of unbranched alkanes of at least 4 members (excludes halogenated alkanes) is 4. The summed E-state index contributed by atoms with van der Waals surface area (Å²) in [5, 5.41) is 0. The van der Waals surface area contributed by atoms with Gasteiger partial charge in [-0.1, -0.05) is 78.7 Å². The zero-order valence-electron chi connectivity index (χ0n) is 26.5. The lowest BCUT2D eigenvalue weighted by molar-refractivity contribution is -0.204. The molecule has 0 bridgehead atoms. The van der Waals surface area contributed by atoms with Crippen LogP contribution in [0.5, 0.6) is 0 Å². The average Bonchev–Trinajstić information content (AvgIpc) is 2.94. The molecule has 0 aliphatic rings. The van der Waals surface area contributed by atoms with Crippen LogP contribution in [0.4, 0.5) is 0 Å². The second-order valence-electron chi connectivity index (χ2n) is 10.2. The molecule has 3 unspecified atom stereocenters. The summed E-state index contributed by atoms with van der Waals surface area (Å²) in [5.41, 5.74) is 0. The molecule has 0 N–H and O–H groups in total. The lowest BCUT2D eigenvalue weighted by atomic mass is 10.1. The van der Waals surface area contributed by atoms with Crippen LogP contribution in [0, 0.1) is 0 Å². The molecule has 0 saturated carbocycles. The summed E-state index contributed by atoms with van der Waals surface area (Å²) < 4.78 is 56.2. The summed E-state index contributed by atoms with van der Waals surface area (Å²) in [4.78, 5) is 0. The number of hydrogen-bond acceptors (Lipinski definition) is 8. The van der Waals surface area contributed by atoms with Gasteiger partial charge < -0.3 is 23.4 Å². The van der Waals surface area contributed by atoms with E-state index in [0.717, 1.165) is 69.5 Å². The first kappa shape index (κ1) is 39.0. The molecule has 0 amide bonds. The van der Waals surface area contributed by atoms with E-state index in [1.807, 2.05) is 6.92 Å². The second-order valence-corrected chi connectivity index (χ2v) is 15.8. The molecule has 0 rings (SSSR count). The van der Waals surface area contributed by atoms with Crippen LogP contribution >= 0.6 is 8.25 Å². The van der Waals surface area contributed by atoms with Crippen molar-refractivity contribution in [3.63, 3.8) is 0 Å². The molecule has 0 saturated heterocycles. The first-order chi connectivity index (χ1) is 18.9. The van der Waals surface area contributed by atoms with Crippen LogP contribution in [0.15, 0.2) is 0 Å². The molecule has 0 aromatic heterocycles. The fourth-order valence-corrected chi connectivity index (χ4v) is 7.60. The maximum atomic E-state index is 12.9. The van der Waals surface area contributed by atoms with Crippen molar-refractivity contribution in [1.29, 1.82) is 0 Å². The molecule has 5 atom stereocenters. The standard InChI is InChI=1S/C29H62O8PSi/c1-9-16-20-31-24-25-34-29(36-38(30)35-23-19-12-4)28(37-39(13-5,14-6)15-7)27(33-22-18-11-3)26(8)32-21-17-10-2/h26-29H,9-25H2,1-8H3/q+1/t26-,27?,28?,29+/m1/s1. The lowest BCUT2D eigenvalue weighted by Gasteiger charge is -2.40. The van der Waals surface area contributed by atoms with Crippen LogP contribution in [0.1, 0.15) is 107 Å². The van der Waals surface area contributed by atoms with Gasteiger partial charge in [0, 0.05) is 24.4 Å². The van der Waals surface area contributed by atoms with Crippen molar-refractivity contribution in [3.05, 3.63) is 0 Å². The summed E-state index contributed by atoms with van der Waals surface area (Å²) in [6.07, 6.45) is 5.53. The third kappa shape index (κ3) is 17.6. The summed E-state index contributed by atoms with van der Waals surface area (Å²) in [6, 6.07) is 2.86. The van der Waals surface area contributed by atoms with Gasteiger partial charge in [0.1, 0.15) is 18.8 Å². The van der Waals surface area contributed by atoms with Gasteiger partial charge in [0.2, 0.25) is 6.29 Å². The van der Waals surface area contributed by atoms with Gasteiger partial charge in [-0.2, -0.15) is 0 Å². The Morgan fingerprint density at radius 2 is 1.15 bits per heavy atom. The highest BCUT2D eigenvalue weighted by Gasteiger charge is 2.46. The summed E-state index contributed by atoms with van der Waals surface area (Å²) in [7, 11) is -4.55. The van der Waals surface area contributed by atoms with E-state index < -0.39 is 35.1 Å². The van der Waals surface area contributed by atoms with Crippen LogP contribution < -0.4 is 0 Å². The molecule has 39 heavy (non-hydrogen) atoms. The topological polar surface area (TPSA) is 81.7 Å². The van der Waals surface area contributed by atoms with Crippen molar-refractivity contribution in [2.24, 2.45) is 0 Å². The number of ether oxygens (including phenoxy) is 4. The molecule has 234 valence electrons. The molecule has 0 spiro atoms. The molecule has 0 fully saturated rings. The fourth-order valence-electron chi connectivity index (χ4n) is 4.09. The van der Waals surface area contributed by atoms with Gasteiger partial charge in [0.15, 0.2) is 8.32 Å². The summed E-state index contributed by atoms with van der Waals surface area (Å²) in [6.45, 7) is 20.1. The maximum absolute atomic E-state index is 12.9. The van der Waals surface area contributed by atoms with E-state index in [4.69, 9.17) is 32.4 Å². The zero-order valence-corrected chi connectivity index (χ0v) is 28.4. The summed E-state index contributed by atoms with van der Waals surface area (Å²) in [5.74, 6) is 0.